The van der Waals surface area contributed by atoms with Gasteiger partial charge in [0.15, 0.2) is 17.2 Å². The van der Waals surface area contributed by atoms with E-state index in [1.54, 1.807) is 11.6 Å². The number of methoxy groups -OCH3 is 1. The van der Waals surface area contributed by atoms with Gasteiger partial charge >= 0.3 is 6.11 Å². The Balaban J connectivity index is 1.64. The molecule has 0 aliphatic carbocycles. The zero-order chi connectivity index (χ0) is 23.3. The molecule has 0 saturated carbocycles. The van der Waals surface area contributed by atoms with Gasteiger partial charge in [0.2, 0.25) is 5.95 Å². The van der Waals surface area contributed by atoms with Crippen molar-refractivity contribution in [3.8, 4) is 11.5 Å². The van der Waals surface area contributed by atoms with E-state index in [0.717, 1.165) is 16.9 Å². The number of hydrogen-bond acceptors (Lipinski definition) is 6. The molecule has 172 valence electrons. The molecule has 3 heterocycles. The third-order valence-electron chi connectivity index (χ3n) is 5.94. The van der Waals surface area contributed by atoms with Gasteiger partial charge < -0.3 is 14.8 Å². The summed E-state index contributed by atoms with van der Waals surface area (Å²) in [6.07, 6.45) is -3.35. The van der Waals surface area contributed by atoms with Gasteiger partial charge in [0.1, 0.15) is 11.3 Å². The van der Waals surface area contributed by atoms with E-state index < -0.39 is 6.11 Å². The summed E-state index contributed by atoms with van der Waals surface area (Å²) in [6.45, 7) is 6.47. The maximum Gasteiger partial charge on any atom is 0.398 e. The number of fused-ring (bicyclic) bond motifs is 5. The van der Waals surface area contributed by atoms with Crippen molar-refractivity contribution < 1.29 is 18.3 Å². The molecule has 1 aliphatic rings. The van der Waals surface area contributed by atoms with Gasteiger partial charge in [0, 0.05) is 17.8 Å². The lowest BCUT2D eigenvalue weighted by atomic mass is 10.0. The number of benzene rings is 2. The number of aromatic nitrogens is 4. The van der Waals surface area contributed by atoms with Crippen molar-refractivity contribution in [1.29, 1.82) is 0 Å². The van der Waals surface area contributed by atoms with Crippen molar-refractivity contribution in [1.82, 2.24) is 19.6 Å². The molecule has 4 aromatic rings. The smallest absolute Gasteiger partial charge is 0.398 e. The minimum atomic E-state index is -3.22. The van der Waals surface area contributed by atoms with Crippen LogP contribution in [0.3, 0.4) is 0 Å². The average Bonchev–Trinajstić information content (AvgIpc) is 3.23. The van der Waals surface area contributed by atoms with Gasteiger partial charge in [-0.05, 0) is 48.2 Å². The number of anilines is 1. The van der Waals surface area contributed by atoms with E-state index in [0.29, 0.717) is 40.4 Å². The molecule has 0 spiro atoms. The molecule has 0 saturated heterocycles. The zero-order valence-corrected chi connectivity index (χ0v) is 18.9. The Hall–Kier alpha value is -3.49. The summed E-state index contributed by atoms with van der Waals surface area (Å²) in [7, 11) is 1.63. The second kappa shape index (κ2) is 7.83. The van der Waals surface area contributed by atoms with Crippen LogP contribution in [0.1, 0.15) is 48.7 Å². The summed E-state index contributed by atoms with van der Waals surface area (Å²) in [5.41, 5.74) is 3.73. The van der Waals surface area contributed by atoms with E-state index in [1.165, 1.54) is 0 Å². The lowest BCUT2D eigenvalue weighted by molar-refractivity contribution is -0.186. The third-order valence-corrected chi connectivity index (χ3v) is 5.94. The number of aryl methyl sites for hydroxylation is 2. The Morgan fingerprint density at radius 2 is 2.03 bits per heavy atom. The molecule has 5 rings (SSSR count). The van der Waals surface area contributed by atoms with Gasteiger partial charge in [-0.3, -0.25) is 0 Å². The molecule has 0 radical (unpaired) electrons. The average molecular weight is 453 g/mol. The number of ether oxygens (including phenoxy) is 2. The van der Waals surface area contributed by atoms with Crippen LogP contribution in [-0.4, -0.2) is 32.8 Å². The Kier molecular flexibility index (Phi) is 5.07. The molecule has 2 aromatic heterocycles. The molecule has 1 aliphatic heterocycles. The van der Waals surface area contributed by atoms with Crippen LogP contribution >= 0.6 is 0 Å². The highest BCUT2D eigenvalue weighted by molar-refractivity contribution is 5.97. The second-order valence-electron chi connectivity index (χ2n) is 8.63. The summed E-state index contributed by atoms with van der Waals surface area (Å²) in [4.78, 5) is 9.39. The van der Waals surface area contributed by atoms with Gasteiger partial charge in [0.25, 0.3) is 0 Å². The van der Waals surface area contributed by atoms with E-state index in [-0.39, 0.29) is 24.5 Å². The van der Waals surface area contributed by atoms with Crippen LogP contribution < -0.4 is 14.8 Å². The van der Waals surface area contributed by atoms with Gasteiger partial charge in [-0.15, -0.1) is 5.10 Å². The van der Waals surface area contributed by atoms with Crippen molar-refractivity contribution in [2.75, 3.05) is 12.4 Å². The predicted molar refractivity (Wildman–Crippen MR) is 121 cm³/mol. The standard InChI is InChI=1S/C24H25F2N5O2/c1-13(2)21-29-22-18-8-6-15-9-10-24(25,26)33-20(15)19(18)28-23(31(22)30-21)27-12-16-5-7-17(32-4)11-14(16)3/h5-8,11,13H,9-10,12H2,1-4H3,(H,27,28). The second-order valence-corrected chi connectivity index (χ2v) is 8.63. The monoisotopic (exact) mass is 453 g/mol. The Bertz CT molecular complexity index is 1370. The molecule has 0 atom stereocenters. The predicted octanol–water partition coefficient (Wildman–Crippen LogP) is 5.25. The summed E-state index contributed by atoms with van der Waals surface area (Å²) < 4.78 is 40.2. The molecule has 0 fully saturated rings. The minimum absolute atomic E-state index is 0.0924. The summed E-state index contributed by atoms with van der Waals surface area (Å²) >= 11 is 0. The molecule has 33 heavy (non-hydrogen) atoms. The van der Waals surface area contributed by atoms with Crippen molar-refractivity contribution in [2.45, 2.75) is 52.2 Å². The first-order chi connectivity index (χ1) is 15.8. The quantitative estimate of drug-likeness (QED) is 0.445. The molecule has 0 unspecified atom stereocenters. The van der Waals surface area contributed by atoms with Gasteiger partial charge in [0.05, 0.1) is 13.5 Å². The molecule has 2 aromatic carbocycles. The Morgan fingerprint density at radius 3 is 2.76 bits per heavy atom. The van der Waals surface area contributed by atoms with Crippen LogP contribution in [0.5, 0.6) is 11.5 Å². The summed E-state index contributed by atoms with van der Waals surface area (Å²) in [5, 5.41) is 8.58. The summed E-state index contributed by atoms with van der Waals surface area (Å²) in [6, 6.07) is 9.50. The first-order valence-corrected chi connectivity index (χ1v) is 10.9. The van der Waals surface area contributed by atoms with Crippen molar-refractivity contribution >= 4 is 22.5 Å². The van der Waals surface area contributed by atoms with Crippen LogP contribution in [0.25, 0.3) is 16.6 Å². The van der Waals surface area contributed by atoms with Crippen molar-refractivity contribution in [3.63, 3.8) is 0 Å². The van der Waals surface area contributed by atoms with Gasteiger partial charge in [-0.25, -0.2) is 9.97 Å². The molecular formula is C24H25F2N5O2. The fourth-order valence-corrected chi connectivity index (χ4v) is 4.03. The first-order valence-electron chi connectivity index (χ1n) is 10.9. The molecule has 9 heteroatoms. The third kappa shape index (κ3) is 3.81. The van der Waals surface area contributed by atoms with E-state index in [9.17, 15) is 8.78 Å². The van der Waals surface area contributed by atoms with Gasteiger partial charge in [-0.2, -0.15) is 13.3 Å². The zero-order valence-electron chi connectivity index (χ0n) is 18.9. The Morgan fingerprint density at radius 1 is 1.21 bits per heavy atom. The van der Waals surface area contributed by atoms with Crippen LogP contribution in [-0.2, 0) is 13.0 Å². The SMILES string of the molecule is COc1ccc(CNc2nc3c4c(ccc3c3nc(C(C)C)nn23)CCC(F)(F)O4)c(C)c1. The Labute approximate surface area is 189 Å². The van der Waals surface area contributed by atoms with E-state index in [1.807, 2.05) is 51.1 Å². The summed E-state index contributed by atoms with van der Waals surface area (Å²) in [5.74, 6) is 2.05. The van der Waals surface area contributed by atoms with Crippen LogP contribution in [0.15, 0.2) is 30.3 Å². The maximum absolute atomic E-state index is 14.1. The van der Waals surface area contributed by atoms with E-state index in [4.69, 9.17) is 19.4 Å². The van der Waals surface area contributed by atoms with E-state index in [2.05, 4.69) is 10.4 Å². The highest BCUT2D eigenvalue weighted by atomic mass is 19.3. The molecule has 0 amide bonds. The highest BCUT2D eigenvalue weighted by Gasteiger charge is 2.37. The van der Waals surface area contributed by atoms with Gasteiger partial charge in [-0.1, -0.05) is 26.0 Å². The number of halogens is 2. The van der Waals surface area contributed by atoms with Crippen molar-refractivity contribution in [2.24, 2.45) is 0 Å². The maximum atomic E-state index is 14.1. The molecular weight excluding hydrogens is 428 g/mol. The normalized spacial score (nSPS) is 15.0. The topological polar surface area (TPSA) is 73.6 Å². The molecule has 7 nitrogen and oxygen atoms in total. The lowest BCUT2D eigenvalue weighted by Crippen LogP contribution is -2.29. The first kappa shape index (κ1) is 21.4. The van der Waals surface area contributed by atoms with Crippen LogP contribution in [0.2, 0.25) is 0 Å². The fraction of sp³-hybridized carbons (Fsp3) is 0.375. The van der Waals surface area contributed by atoms with Crippen LogP contribution in [0, 0.1) is 6.92 Å². The number of nitrogens with zero attached hydrogens (tertiary/aromatic N) is 4. The number of rotatable bonds is 5. The van der Waals surface area contributed by atoms with Crippen molar-refractivity contribution in [3.05, 3.63) is 52.8 Å². The number of hydrogen-bond donors (Lipinski definition) is 1. The highest BCUT2D eigenvalue weighted by Crippen LogP contribution is 2.40. The van der Waals surface area contributed by atoms with Crippen LogP contribution in [0.4, 0.5) is 14.7 Å². The number of nitrogens with one attached hydrogen (secondary N) is 1. The molecule has 1 N–H and O–H groups in total. The largest absolute Gasteiger partial charge is 0.497 e. The minimum Gasteiger partial charge on any atom is -0.497 e. The van der Waals surface area contributed by atoms with E-state index >= 15 is 0 Å². The number of alkyl halides is 2. The fourth-order valence-electron chi connectivity index (χ4n) is 4.03. The lowest BCUT2D eigenvalue weighted by Gasteiger charge is -2.26. The molecule has 0 bridgehead atoms.